The van der Waals surface area contributed by atoms with Crippen LogP contribution in [-0.2, 0) is 13.6 Å². The Kier molecular flexibility index (Phi) is 10.5. The summed E-state index contributed by atoms with van der Waals surface area (Å²) in [4.78, 5) is 0. The van der Waals surface area contributed by atoms with E-state index in [0.717, 1.165) is 38.5 Å². The third kappa shape index (κ3) is 9.35. The van der Waals surface area contributed by atoms with E-state index in [1.165, 1.54) is 0 Å². The van der Waals surface area contributed by atoms with Gasteiger partial charge in [-0.2, -0.15) is 5.26 Å². The molecule has 0 aliphatic rings. The second-order valence-electron chi connectivity index (χ2n) is 4.01. The zero-order valence-corrected chi connectivity index (χ0v) is 11.9. The zero-order chi connectivity index (χ0) is 13.0. The largest absolute Gasteiger partial charge is 0.344 e. The summed E-state index contributed by atoms with van der Waals surface area (Å²) in [5.41, 5.74) is 0. The highest BCUT2D eigenvalue weighted by Crippen LogP contribution is 2.47. The second-order valence-corrected chi connectivity index (χ2v) is 6.06. The lowest BCUT2D eigenvalue weighted by atomic mass is 10.3. The van der Waals surface area contributed by atoms with E-state index in [9.17, 15) is 4.57 Å². The normalized spacial score (nSPS) is 11.4. The van der Waals surface area contributed by atoms with Crippen LogP contribution >= 0.6 is 7.60 Å². The SMILES string of the molecule is CCCCCOP(=O)(CC#N)OCCCCC. The summed E-state index contributed by atoms with van der Waals surface area (Å²) < 4.78 is 22.6. The molecule has 100 valence electrons. The van der Waals surface area contributed by atoms with Crippen LogP contribution < -0.4 is 0 Å². The first-order valence-electron chi connectivity index (χ1n) is 6.43. The van der Waals surface area contributed by atoms with Gasteiger partial charge in [-0.1, -0.05) is 39.5 Å². The van der Waals surface area contributed by atoms with Gasteiger partial charge in [0.25, 0.3) is 0 Å². The lowest BCUT2D eigenvalue weighted by Gasteiger charge is -2.15. The van der Waals surface area contributed by atoms with Crippen molar-refractivity contribution >= 4 is 7.60 Å². The van der Waals surface area contributed by atoms with Gasteiger partial charge in [-0.05, 0) is 12.8 Å². The van der Waals surface area contributed by atoms with Gasteiger partial charge in [-0.15, -0.1) is 0 Å². The van der Waals surface area contributed by atoms with Gasteiger partial charge < -0.3 is 9.05 Å². The Hall–Kier alpha value is -0.360. The third-order valence-electron chi connectivity index (χ3n) is 2.34. The Labute approximate surface area is 105 Å². The third-order valence-corrected chi connectivity index (χ3v) is 4.02. The Morgan fingerprint density at radius 1 is 1.00 bits per heavy atom. The van der Waals surface area contributed by atoms with Crippen LogP contribution in [0.4, 0.5) is 0 Å². The number of nitrogens with zero attached hydrogens (tertiary/aromatic N) is 1. The van der Waals surface area contributed by atoms with Gasteiger partial charge in [0.05, 0.1) is 19.3 Å². The molecule has 0 radical (unpaired) electrons. The van der Waals surface area contributed by atoms with Crippen LogP contribution in [0, 0.1) is 11.3 Å². The van der Waals surface area contributed by atoms with Crippen LogP contribution in [0.15, 0.2) is 0 Å². The molecule has 0 fully saturated rings. The van der Waals surface area contributed by atoms with Gasteiger partial charge in [-0.25, -0.2) is 0 Å². The predicted molar refractivity (Wildman–Crippen MR) is 69.0 cm³/mol. The summed E-state index contributed by atoms with van der Waals surface area (Å²) in [6.07, 6.45) is 5.84. The van der Waals surface area contributed by atoms with Crippen LogP contribution in [0.3, 0.4) is 0 Å². The average Bonchev–Trinajstić information content (AvgIpc) is 2.31. The first-order valence-corrected chi connectivity index (χ1v) is 8.16. The van der Waals surface area contributed by atoms with Crippen molar-refractivity contribution in [2.45, 2.75) is 52.4 Å². The summed E-state index contributed by atoms with van der Waals surface area (Å²) in [7, 11) is -3.16. The van der Waals surface area contributed by atoms with Crippen molar-refractivity contribution < 1.29 is 13.6 Å². The summed E-state index contributed by atoms with van der Waals surface area (Å²) in [5, 5.41) is 8.63. The Morgan fingerprint density at radius 3 is 1.82 bits per heavy atom. The van der Waals surface area contributed by atoms with E-state index < -0.39 is 7.60 Å². The summed E-state index contributed by atoms with van der Waals surface area (Å²) in [5.74, 6) is 0. The molecular formula is C12H24NO3P. The molecule has 0 aromatic carbocycles. The topological polar surface area (TPSA) is 59.3 Å². The van der Waals surface area contributed by atoms with Crippen molar-refractivity contribution in [2.75, 3.05) is 19.4 Å². The van der Waals surface area contributed by atoms with Crippen molar-refractivity contribution in [3.8, 4) is 6.07 Å². The van der Waals surface area contributed by atoms with Crippen LogP contribution in [-0.4, -0.2) is 19.4 Å². The van der Waals surface area contributed by atoms with Gasteiger partial charge in [0.2, 0.25) is 0 Å². The zero-order valence-electron chi connectivity index (χ0n) is 11.0. The maximum absolute atomic E-state index is 12.1. The fourth-order valence-electron chi connectivity index (χ4n) is 1.33. The highest BCUT2D eigenvalue weighted by atomic mass is 31.2. The molecule has 0 aromatic heterocycles. The molecule has 0 heterocycles. The Bertz CT molecular complexity index is 247. The quantitative estimate of drug-likeness (QED) is 0.414. The standard InChI is InChI=1S/C12H24NO3P/c1-3-5-7-10-15-17(14,12-9-13)16-11-8-6-4-2/h3-8,10-12H2,1-2H3. The first kappa shape index (κ1) is 16.6. The molecule has 4 nitrogen and oxygen atoms in total. The minimum absolute atomic E-state index is 0.148. The molecule has 0 aromatic rings. The number of unbranched alkanes of at least 4 members (excludes halogenated alkanes) is 4. The molecular weight excluding hydrogens is 237 g/mol. The average molecular weight is 261 g/mol. The van der Waals surface area contributed by atoms with E-state index >= 15 is 0 Å². The van der Waals surface area contributed by atoms with Crippen LogP contribution in [0.25, 0.3) is 0 Å². The first-order chi connectivity index (χ1) is 8.18. The number of hydrogen-bond donors (Lipinski definition) is 0. The van der Waals surface area contributed by atoms with E-state index in [1.807, 2.05) is 6.07 Å². The van der Waals surface area contributed by atoms with Crippen LogP contribution in [0.5, 0.6) is 0 Å². The van der Waals surface area contributed by atoms with E-state index in [2.05, 4.69) is 13.8 Å². The molecule has 0 saturated heterocycles. The minimum atomic E-state index is -3.16. The van der Waals surface area contributed by atoms with Crippen molar-refractivity contribution in [3.05, 3.63) is 0 Å². The molecule has 0 spiro atoms. The van der Waals surface area contributed by atoms with Crippen molar-refractivity contribution in [2.24, 2.45) is 0 Å². The second kappa shape index (κ2) is 10.8. The molecule has 0 aliphatic heterocycles. The van der Waals surface area contributed by atoms with Gasteiger partial charge in [0, 0.05) is 0 Å². The predicted octanol–water partition coefficient (Wildman–Crippen LogP) is 4.12. The number of hydrogen-bond acceptors (Lipinski definition) is 4. The molecule has 0 atom stereocenters. The fourth-order valence-corrected chi connectivity index (χ4v) is 2.57. The Morgan fingerprint density at radius 2 is 1.47 bits per heavy atom. The summed E-state index contributed by atoms with van der Waals surface area (Å²) in [6.45, 7) is 5.02. The molecule has 0 N–H and O–H groups in total. The highest BCUT2D eigenvalue weighted by Gasteiger charge is 2.23. The van der Waals surface area contributed by atoms with Gasteiger partial charge >= 0.3 is 7.60 Å². The van der Waals surface area contributed by atoms with E-state index in [1.54, 1.807) is 0 Å². The van der Waals surface area contributed by atoms with Gasteiger partial charge in [-0.3, -0.25) is 4.57 Å². The van der Waals surface area contributed by atoms with Gasteiger partial charge in [0.1, 0.15) is 6.16 Å². The molecule has 0 bridgehead atoms. The molecule has 0 rings (SSSR count). The monoisotopic (exact) mass is 261 g/mol. The maximum atomic E-state index is 12.1. The van der Waals surface area contributed by atoms with Gasteiger partial charge in [0.15, 0.2) is 0 Å². The molecule has 0 aliphatic carbocycles. The maximum Gasteiger partial charge on any atom is 0.344 e. The Balaban J connectivity index is 3.90. The highest BCUT2D eigenvalue weighted by molar-refractivity contribution is 7.54. The molecule has 17 heavy (non-hydrogen) atoms. The molecule has 0 unspecified atom stereocenters. The van der Waals surface area contributed by atoms with Crippen LogP contribution in [0.1, 0.15) is 52.4 Å². The van der Waals surface area contributed by atoms with Crippen molar-refractivity contribution in [3.63, 3.8) is 0 Å². The summed E-state index contributed by atoms with van der Waals surface area (Å²) in [6, 6.07) is 1.88. The van der Waals surface area contributed by atoms with Crippen molar-refractivity contribution in [1.29, 1.82) is 5.26 Å². The van der Waals surface area contributed by atoms with Crippen LogP contribution in [0.2, 0.25) is 0 Å². The van der Waals surface area contributed by atoms with E-state index in [-0.39, 0.29) is 6.16 Å². The smallest absolute Gasteiger partial charge is 0.308 e. The minimum Gasteiger partial charge on any atom is -0.308 e. The summed E-state index contributed by atoms with van der Waals surface area (Å²) >= 11 is 0. The van der Waals surface area contributed by atoms with E-state index in [4.69, 9.17) is 14.3 Å². The number of rotatable bonds is 11. The van der Waals surface area contributed by atoms with Crippen molar-refractivity contribution in [1.82, 2.24) is 0 Å². The fraction of sp³-hybridized carbons (Fsp3) is 0.917. The molecule has 0 amide bonds. The number of nitriles is 1. The molecule has 0 saturated carbocycles. The lowest BCUT2D eigenvalue weighted by Crippen LogP contribution is -2.02. The molecule has 5 heteroatoms. The lowest BCUT2D eigenvalue weighted by molar-refractivity contribution is 0.200. The van der Waals surface area contributed by atoms with E-state index in [0.29, 0.717) is 13.2 Å².